The van der Waals surface area contributed by atoms with Crippen LogP contribution in [0.25, 0.3) is 0 Å². The zero-order valence-electron chi connectivity index (χ0n) is 14.3. The minimum Gasteiger partial charge on any atom is -0.481 e. The third-order valence-corrected chi connectivity index (χ3v) is 5.05. The van der Waals surface area contributed by atoms with E-state index in [1.165, 1.54) is 11.3 Å². The molecular formula is C17H22ClN3O2S. The summed E-state index contributed by atoms with van der Waals surface area (Å²) in [5.41, 5.74) is 0.883. The number of amides is 1. The molecule has 0 unspecified atom stereocenters. The van der Waals surface area contributed by atoms with Gasteiger partial charge in [0.1, 0.15) is 10.8 Å². The highest BCUT2D eigenvalue weighted by atomic mass is 35.5. The number of aromatic nitrogens is 2. The predicted octanol–water partition coefficient (Wildman–Crippen LogP) is 4.81. The fourth-order valence-electron chi connectivity index (χ4n) is 2.28. The van der Waals surface area contributed by atoms with Crippen molar-refractivity contribution in [3.05, 3.63) is 33.8 Å². The maximum atomic E-state index is 12.3. The number of carbonyl (C=O) groups is 1. The number of ether oxygens (including phenoxy) is 1. The van der Waals surface area contributed by atoms with Crippen molar-refractivity contribution in [1.29, 1.82) is 0 Å². The molecule has 0 aliphatic carbocycles. The van der Waals surface area contributed by atoms with Gasteiger partial charge in [-0.1, -0.05) is 36.8 Å². The van der Waals surface area contributed by atoms with E-state index in [0.29, 0.717) is 21.8 Å². The van der Waals surface area contributed by atoms with Gasteiger partial charge in [-0.05, 0) is 50.5 Å². The highest BCUT2D eigenvalue weighted by Crippen LogP contribution is 2.28. The Bertz CT molecular complexity index is 701. The summed E-state index contributed by atoms with van der Waals surface area (Å²) in [5.74, 6) is 0.771. The summed E-state index contributed by atoms with van der Waals surface area (Å²) in [4.78, 5) is 12.3. The normalized spacial score (nSPS) is 12.2. The molecule has 130 valence electrons. The van der Waals surface area contributed by atoms with Gasteiger partial charge in [0, 0.05) is 10.9 Å². The van der Waals surface area contributed by atoms with Crippen LogP contribution in [-0.2, 0) is 4.79 Å². The number of nitrogens with zero attached hydrogens (tertiary/aromatic N) is 2. The number of benzene rings is 1. The zero-order valence-corrected chi connectivity index (χ0v) is 15.9. The lowest BCUT2D eigenvalue weighted by Crippen LogP contribution is -2.30. The van der Waals surface area contributed by atoms with Gasteiger partial charge in [-0.15, -0.1) is 10.2 Å². The molecule has 0 saturated carbocycles. The van der Waals surface area contributed by atoms with Gasteiger partial charge < -0.3 is 4.74 Å². The lowest BCUT2D eigenvalue weighted by molar-refractivity contribution is -0.122. The molecule has 0 aliphatic heterocycles. The van der Waals surface area contributed by atoms with Crippen molar-refractivity contribution in [3.63, 3.8) is 0 Å². The minimum atomic E-state index is -0.648. The Kier molecular flexibility index (Phi) is 6.57. The predicted molar refractivity (Wildman–Crippen MR) is 98.1 cm³/mol. The summed E-state index contributed by atoms with van der Waals surface area (Å²) >= 11 is 7.35. The van der Waals surface area contributed by atoms with Crippen molar-refractivity contribution in [3.8, 4) is 5.75 Å². The molecule has 0 aliphatic rings. The number of rotatable bonds is 7. The highest BCUT2D eigenvalue weighted by Gasteiger charge is 2.19. The smallest absolute Gasteiger partial charge is 0.266 e. The Morgan fingerprint density at radius 3 is 2.67 bits per heavy atom. The number of carbonyl (C=O) groups excluding carboxylic acids is 1. The Morgan fingerprint density at radius 1 is 1.33 bits per heavy atom. The van der Waals surface area contributed by atoms with E-state index < -0.39 is 6.10 Å². The molecule has 1 amide bonds. The van der Waals surface area contributed by atoms with Gasteiger partial charge in [-0.3, -0.25) is 10.1 Å². The number of hydrogen-bond acceptors (Lipinski definition) is 5. The van der Waals surface area contributed by atoms with E-state index in [1.54, 1.807) is 25.1 Å². The van der Waals surface area contributed by atoms with Gasteiger partial charge in [-0.25, -0.2) is 0 Å². The minimum absolute atomic E-state index is 0.253. The first-order valence-electron chi connectivity index (χ1n) is 8.01. The molecule has 1 aromatic heterocycles. The molecule has 2 rings (SSSR count). The van der Waals surface area contributed by atoms with Crippen LogP contribution in [-0.4, -0.2) is 22.2 Å². The van der Waals surface area contributed by atoms with E-state index in [4.69, 9.17) is 16.3 Å². The van der Waals surface area contributed by atoms with Crippen LogP contribution >= 0.6 is 22.9 Å². The van der Waals surface area contributed by atoms with Crippen LogP contribution in [0.4, 0.5) is 5.13 Å². The Labute approximate surface area is 151 Å². The van der Waals surface area contributed by atoms with Gasteiger partial charge in [0.15, 0.2) is 6.10 Å². The third kappa shape index (κ3) is 4.68. The second kappa shape index (κ2) is 8.44. The van der Waals surface area contributed by atoms with Crippen molar-refractivity contribution >= 4 is 34.0 Å². The molecule has 1 atom stereocenters. The van der Waals surface area contributed by atoms with Crippen molar-refractivity contribution in [2.24, 2.45) is 0 Å². The summed E-state index contributed by atoms with van der Waals surface area (Å²) in [6.07, 6.45) is 1.37. The fraction of sp³-hybridized carbons (Fsp3) is 0.471. The zero-order chi connectivity index (χ0) is 17.7. The van der Waals surface area contributed by atoms with Crippen molar-refractivity contribution < 1.29 is 9.53 Å². The molecular weight excluding hydrogens is 346 g/mol. The van der Waals surface area contributed by atoms with E-state index in [0.717, 1.165) is 23.4 Å². The van der Waals surface area contributed by atoms with E-state index in [9.17, 15) is 4.79 Å². The first-order valence-corrected chi connectivity index (χ1v) is 9.21. The quantitative estimate of drug-likeness (QED) is 0.762. The Hall–Kier alpha value is -1.66. The maximum absolute atomic E-state index is 12.3. The molecule has 1 heterocycles. The second-order valence-electron chi connectivity index (χ2n) is 5.62. The Balaban J connectivity index is 1.99. The average Bonchev–Trinajstić information content (AvgIpc) is 2.99. The van der Waals surface area contributed by atoms with Crippen LogP contribution in [0, 0.1) is 6.92 Å². The van der Waals surface area contributed by atoms with Gasteiger partial charge >= 0.3 is 0 Å². The number of halogens is 1. The van der Waals surface area contributed by atoms with Gasteiger partial charge in [0.05, 0.1) is 0 Å². The summed E-state index contributed by atoms with van der Waals surface area (Å²) in [6.45, 7) is 7.83. The van der Waals surface area contributed by atoms with Gasteiger partial charge in [-0.2, -0.15) is 0 Å². The number of anilines is 1. The monoisotopic (exact) mass is 367 g/mol. The number of nitrogens with one attached hydrogen (secondary N) is 1. The summed E-state index contributed by atoms with van der Waals surface area (Å²) in [6, 6.07) is 5.30. The molecule has 0 fully saturated rings. The van der Waals surface area contributed by atoms with Crippen LogP contribution in [0.1, 0.15) is 50.1 Å². The van der Waals surface area contributed by atoms with Gasteiger partial charge in [0.25, 0.3) is 5.91 Å². The van der Waals surface area contributed by atoms with Crippen molar-refractivity contribution in [2.75, 3.05) is 5.32 Å². The van der Waals surface area contributed by atoms with E-state index in [1.807, 2.05) is 6.92 Å². The van der Waals surface area contributed by atoms with E-state index >= 15 is 0 Å². The second-order valence-corrected chi connectivity index (χ2v) is 7.06. The van der Waals surface area contributed by atoms with Crippen molar-refractivity contribution in [1.82, 2.24) is 10.2 Å². The molecule has 0 radical (unpaired) electrons. The first kappa shape index (κ1) is 18.7. The average molecular weight is 368 g/mol. The Morgan fingerprint density at radius 2 is 2.04 bits per heavy atom. The fourth-order valence-corrected chi connectivity index (χ4v) is 3.52. The molecule has 24 heavy (non-hydrogen) atoms. The molecule has 0 saturated heterocycles. The number of hydrogen-bond donors (Lipinski definition) is 1. The molecule has 2 aromatic rings. The number of aryl methyl sites for hydroxylation is 1. The first-order chi connectivity index (χ1) is 11.4. The van der Waals surface area contributed by atoms with Gasteiger partial charge in [0.2, 0.25) is 5.13 Å². The maximum Gasteiger partial charge on any atom is 0.266 e. The molecule has 1 aromatic carbocycles. The highest BCUT2D eigenvalue weighted by molar-refractivity contribution is 7.15. The van der Waals surface area contributed by atoms with Crippen LogP contribution in [0.2, 0.25) is 5.02 Å². The summed E-state index contributed by atoms with van der Waals surface area (Å²) in [5, 5.41) is 13.1. The van der Waals surface area contributed by atoms with Crippen LogP contribution in [0.3, 0.4) is 0 Å². The van der Waals surface area contributed by atoms with E-state index in [2.05, 4.69) is 29.4 Å². The lowest BCUT2D eigenvalue weighted by atomic mass is 10.1. The molecule has 0 spiro atoms. The lowest BCUT2D eigenvalue weighted by Gasteiger charge is -2.15. The standard InChI is InChI=1S/C17H22ClN3O2S/c1-5-12(6-2)16-20-21-17(24-16)19-15(22)11(4)23-14-8-7-13(18)9-10(14)3/h7-9,11-12H,5-6H2,1-4H3,(H,19,21,22)/t11-/m1/s1. The van der Waals surface area contributed by atoms with E-state index in [-0.39, 0.29) is 5.91 Å². The topological polar surface area (TPSA) is 64.1 Å². The van der Waals surface area contributed by atoms with Crippen LogP contribution in [0.5, 0.6) is 5.75 Å². The third-order valence-electron chi connectivity index (χ3n) is 3.82. The molecule has 5 nitrogen and oxygen atoms in total. The summed E-state index contributed by atoms with van der Waals surface area (Å²) < 4.78 is 5.72. The van der Waals surface area contributed by atoms with Crippen molar-refractivity contribution in [2.45, 2.75) is 52.6 Å². The molecule has 0 bridgehead atoms. The largest absolute Gasteiger partial charge is 0.481 e. The van der Waals surface area contributed by atoms with Crippen LogP contribution in [0.15, 0.2) is 18.2 Å². The SMILES string of the molecule is CCC(CC)c1nnc(NC(=O)[C@@H](C)Oc2ccc(Cl)cc2C)s1. The van der Waals surface area contributed by atoms with Crippen LogP contribution < -0.4 is 10.1 Å². The molecule has 1 N–H and O–H groups in total. The molecule has 7 heteroatoms. The summed E-state index contributed by atoms with van der Waals surface area (Å²) in [7, 11) is 0.